The van der Waals surface area contributed by atoms with E-state index in [2.05, 4.69) is 5.10 Å². The maximum Gasteiger partial charge on any atom is 0.417 e. The Morgan fingerprint density at radius 2 is 1.87 bits per heavy atom. The van der Waals surface area contributed by atoms with Crippen molar-refractivity contribution >= 4 is 10.0 Å². The third-order valence-electron chi connectivity index (χ3n) is 4.64. The van der Waals surface area contributed by atoms with Gasteiger partial charge in [0.25, 0.3) is 10.0 Å². The Morgan fingerprint density at radius 3 is 2.57 bits per heavy atom. The predicted molar refractivity (Wildman–Crippen MR) is 100 cm³/mol. The fourth-order valence-electron chi connectivity index (χ4n) is 3.24. The van der Waals surface area contributed by atoms with E-state index in [9.17, 15) is 21.6 Å². The highest BCUT2D eigenvalue weighted by Crippen LogP contribution is 2.45. The second kappa shape index (κ2) is 7.33. The van der Waals surface area contributed by atoms with Crippen molar-refractivity contribution in [1.29, 1.82) is 0 Å². The summed E-state index contributed by atoms with van der Waals surface area (Å²) < 4.78 is 73.2. The Balaban J connectivity index is 1.71. The summed E-state index contributed by atoms with van der Waals surface area (Å²) in [6.45, 7) is 2.00. The molecule has 0 unspecified atom stereocenters. The largest absolute Gasteiger partial charge is 0.475 e. The molecule has 158 valence electrons. The van der Waals surface area contributed by atoms with E-state index in [1.807, 2.05) is 4.89 Å². The van der Waals surface area contributed by atoms with E-state index in [-0.39, 0.29) is 33.2 Å². The lowest BCUT2D eigenvalue weighted by Gasteiger charge is -2.18. The van der Waals surface area contributed by atoms with Gasteiger partial charge in [0.2, 0.25) is 5.88 Å². The zero-order valence-electron chi connectivity index (χ0n) is 15.6. The third-order valence-corrected chi connectivity index (χ3v) is 5.83. The first-order valence-corrected chi connectivity index (χ1v) is 10.3. The van der Waals surface area contributed by atoms with Crippen LogP contribution in [0.3, 0.4) is 0 Å². The molecule has 2 aromatic carbocycles. The van der Waals surface area contributed by atoms with Gasteiger partial charge in [0.05, 0.1) is 28.8 Å². The summed E-state index contributed by atoms with van der Waals surface area (Å²) in [4.78, 5) is 6.86. The summed E-state index contributed by atoms with van der Waals surface area (Å²) in [6.07, 6.45) is -3.40. The van der Waals surface area contributed by atoms with E-state index in [0.29, 0.717) is 13.2 Å². The molecule has 2 heterocycles. The van der Waals surface area contributed by atoms with Gasteiger partial charge in [0.15, 0.2) is 5.75 Å². The Morgan fingerprint density at radius 1 is 1.13 bits per heavy atom. The number of halogens is 3. The lowest BCUT2D eigenvalue weighted by molar-refractivity contribution is -0.137. The number of aromatic nitrogens is 2. The van der Waals surface area contributed by atoms with Crippen LogP contribution in [0.25, 0.3) is 11.1 Å². The maximum atomic E-state index is 13.9. The van der Waals surface area contributed by atoms with E-state index in [1.165, 1.54) is 54.2 Å². The van der Waals surface area contributed by atoms with Crippen molar-refractivity contribution < 1.29 is 31.2 Å². The van der Waals surface area contributed by atoms with Gasteiger partial charge in [-0.15, -0.1) is 0 Å². The zero-order valence-corrected chi connectivity index (χ0v) is 16.4. The Labute approximate surface area is 170 Å². The number of ether oxygens (including phenoxy) is 1. The smallest absolute Gasteiger partial charge is 0.417 e. The summed E-state index contributed by atoms with van der Waals surface area (Å²) in [6, 6.07) is 9.82. The van der Waals surface area contributed by atoms with E-state index in [4.69, 9.17) is 9.57 Å². The summed E-state index contributed by atoms with van der Waals surface area (Å²) >= 11 is 0. The standard InChI is InChI=1S/C19H16F3N3O4S/c1-12-16(29-24-30(26,27)13-5-3-2-4-6-13)8-7-14(17(12)19(20,21)22)15-11-23-25-9-10-28-18(15)25/h2-8,11,24H,9-10H2,1H3. The number of rotatable bonds is 5. The van der Waals surface area contributed by atoms with Crippen LogP contribution in [0.1, 0.15) is 11.1 Å². The number of hydrogen-bond acceptors (Lipinski definition) is 5. The van der Waals surface area contributed by atoms with Gasteiger partial charge in [-0.25, -0.2) is 13.1 Å². The van der Waals surface area contributed by atoms with Crippen LogP contribution in [0.4, 0.5) is 13.2 Å². The first-order chi connectivity index (χ1) is 14.2. The molecule has 1 aliphatic heterocycles. The second-order valence-electron chi connectivity index (χ2n) is 6.55. The highest BCUT2D eigenvalue weighted by molar-refractivity contribution is 7.89. The second-order valence-corrected chi connectivity index (χ2v) is 8.19. The predicted octanol–water partition coefficient (Wildman–Crippen LogP) is 3.54. The first-order valence-electron chi connectivity index (χ1n) is 8.82. The van der Waals surface area contributed by atoms with Gasteiger partial charge in [0, 0.05) is 11.1 Å². The van der Waals surface area contributed by atoms with Gasteiger partial charge in [0.1, 0.15) is 6.61 Å². The highest BCUT2D eigenvalue weighted by atomic mass is 32.2. The Bertz CT molecular complexity index is 1190. The fourth-order valence-corrected chi connectivity index (χ4v) is 4.05. The normalized spacial score (nSPS) is 13.7. The van der Waals surface area contributed by atoms with Crippen molar-refractivity contribution in [2.75, 3.05) is 6.61 Å². The SMILES string of the molecule is Cc1c(ONS(=O)(=O)c2ccccc2)ccc(-c2cnn3c2OCC3)c1C(F)(F)F. The number of benzene rings is 2. The van der Waals surface area contributed by atoms with Crippen molar-refractivity contribution in [1.82, 2.24) is 14.7 Å². The molecule has 4 rings (SSSR count). The fraction of sp³-hybridized carbons (Fsp3) is 0.211. The molecule has 0 amide bonds. The molecule has 3 aromatic rings. The van der Waals surface area contributed by atoms with Gasteiger partial charge in [-0.3, -0.25) is 0 Å². The van der Waals surface area contributed by atoms with E-state index in [1.54, 1.807) is 6.07 Å². The first kappa shape index (κ1) is 20.2. The van der Waals surface area contributed by atoms with Crippen LogP contribution in [0.2, 0.25) is 0 Å². The molecule has 0 bridgehead atoms. The number of fused-ring (bicyclic) bond motifs is 1. The van der Waals surface area contributed by atoms with Crippen molar-refractivity contribution in [3.8, 4) is 22.8 Å². The molecule has 0 radical (unpaired) electrons. The van der Waals surface area contributed by atoms with Gasteiger partial charge in [-0.2, -0.15) is 18.3 Å². The minimum atomic E-state index is -4.72. The Hall–Kier alpha value is -3.05. The average molecular weight is 439 g/mol. The van der Waals surface area contributed by atoms with Crippen LogP contribution in [-0.4, -0.2) is 24.8 Å². The van der Waals surface area contributed by atoms with Gasteiger partial charge in [-0.05, 0) is 36.1 Å². The van der Waals surface area contributed by atoms with E-state index < -0.39 is 21.8 Å². The van der Waals surface area contributed by atoms with Crippen LogP contribution in [0, 0.1) is 6.92 Å². The summed E-state index contributed by atoms with van der Waals surface area (Å²) in [5, 5.41) is 4.05. The number of nitrogens with zero attached hydrogens (tertiary/aromatic N) is 2. The van der Waals surface area contributed by atoms with Crippen molar-refractivity contribution in [3.63, 3.8) is 0 Å². The third kappa shape index (κ3) is 3.61. The summed E-state index contributed by atoms with van der Waals surface area (Å²) in [5.74, 6) is -0.00587. The molecule has 0 aliphatic carbocycles. The van der Waals surface area contributed by atoms with Gasteiger partial charge in [-0.1, -0.05) is 18.2 Å². The molecular formula is C19H16F3N3O4S. The minimum Gasteiger partial charge on any atom is -0.475 e. The van der Waals surface area contributed by atoms with Crippen LogP contribution in [0.15, 0.2) is 53.6 Å². The molecule has 11 heteroatoms. The molecule has 0 spiro atoms. The van der Waals surface area contributed by atoms with Gasteiger partial charge >= 0.3 is 6.18 Å². The van der Waals surface area contributed by atoms with E-state index >= 15 is 0 Å². The molecule has 1 N–H and O–H groups in total. The summed E-state index contributed by atoms with van der Waals surface area (Å²) in [7, 11) is -4.07. The van der Waals surface area contributed by atoms with E-state index in [0.717, 1.165) is 0 Å². The lowest BCUT2D eigenvalue weighted by atomic mass is 9.96. The van der Waals surface area contributed by atoms with Crippen LogP contribution >= 0.6 is 0 Å². The average Bonchev–Trinajstić information content (AvgIpc) is 3.30. The number of sulfonamides is 1. The summed E-state index contributed by atoms with van der Waals surface area (Å²) in [5.41, 5.74) is -1.14. The topological polar surface area (TPSA) is 82.5 Å². The molecule has 0 fully saturated rings. The molecular weight excluding hydrogens is 423 g/mol. The molecule has 0 atom stereocenters. The van der Waals surface area contributed by atoms with Crippen LogP contribution in [-0.2, 0) is 22.7 Å². The number of hydrogen-bond donors (Lipinski definition) is 1. The van der Waals surface area contributed by atoms with Crippen LogP contribution < -0.4 is 14.5 Å². The Kier molecular flexibility index (Phi) is 4.94. The highest BCUT2D eigenvalue weighted by Gasteiger charge is 2.38. The maximum absolute atomic E-state index is 13.9. The minimum absolute atomic E-state index is 0.0806. The van der Waals surface area contributed by atoms with Crippen molar-refractivity contribution in [2.45, 2.75) is 24.5 Å². The quantitative estimate of drug-likeness (QED) is 0.615. The number of nitrogens with one attached hydrogen (secondary N) is 1. The zero-order chi connectivity index (χ0) is 21.5. The molecule has 30 heavy (non-hydrogen) atoms. The molecule has 0 saturated heterocycles. The number of alkyl halides is 3. The van der Waals surface area contributed by atoms with Crippen LogP contribution in [0.5, 0.6) is 11.6 Å². The van der Waals surface area contributed by atoms with Crippen molar-refractivity contribution in [2.24, 2.45) is 0 Å². The molecule has 7 nitrogen and oxygen atoms in total. The lowest BCUT2D eigenvalue weighted by Crippen LogP contribution is -2.28. The molecule has 0 saturated carbocycles. The molecule has 1 aromatic heterocycles. The van der Waals surface area contributed by atoms with Crippen molar-refractivity contribution in [3.05, 3.63) is 59.8 Å². The van der Waals surface area contributed by atoms with Gasteiger partial charge < -0.3 is 9.57 Å². The monoisotopic (exact) mass is 439 g/mol. The molecule has 1 aliphatic rings.